The molecular formula is C27H26Cl2N4O2. The van der Waals surface area contributed by atoms with Crippen molar-refractivity contribution >= 4 is 50.7 Å². The van der Waals surface area contributed by atoms with Gasteiger partial charge in [-0.05, 0) is 29.8 Å². The lowest BCUT2D eigenvalue weighted by atomic mass is 10.1. The van der Waals surface area contributed by atoms with Crippen molar-refractivity contribution in [2.24, 2.45) is 0 Å². The normalized spacial score (nSPS) is 18.7. The molecule has 0 amide bonds. The van der Waals surface area contributed by atoms with Gasteiger partial charge in [-0.1, -0.05) is 48.0 Å². The Labute approximate surface area is 213 Å². The molecule has 8 heteroatoms. The highest BCUT2D eigenvalue weighted by molar-refractivity contribution is 6.33. The van der Waals surface area contributed by atoms with Gasteiger partial charge in [0.15, 0.2) is 6.23 Å². The molecule has 2 aromatic carbocycles. The van der Waals surface area contributed by atoms with Gasteiger partial charge in [-0.3, -0.25) is 9.88 Å². The zero-order chi connectivity index (χ0) is 24.1. The van der Waals surface area contributed by atoms with Gasteiger partial charge in [0.1, 0.15) is 0 Å². The first-order valence-electron chi connectivity index (χ1n) is 11.8. The molecular weight excluding hydrogens is 483 g/mol. The van der Waals surface area contributed by atoms with Crippen LogP contribution in [0.25, 0.3) is 27.5 Å². The molecule has 2 aliphatic heterocycles. The maximum Gasteiger partial charge on any atom is 0.156 e. The fourth-order valence-corrected chi connectivity index (χ4v) is 5.68. The number of hydrogen-bond acceptors (Lipinski definition) is 5. The van der Waals surface area contributed by atoms with Gasteiger partial charge in [-0.25, -0.2) is 0 Å². The zero-order valence-electron chi connectivity index (χ0n) is 19.3. The smallest absolute Gasteiger partial charge is 0.156 e. The minimum Gasteiger partial charge on any atom is -0.379 e. The number of aliphatic hydroxyl groups is 1. The number of morpholine rings is 1. The van der Waals surface area contributed by atoms with E-state index >= 15 is 0 Å². The predicted octanol–water partition coefficient (Wildman–Crippen LogP) is 5.15. The van der Waals surface area contributed by atoms with Crippen molar-refractivity contribution in [2.75, 3.05) is 39.4 Å². The number of fused-ring (bicyclic) bond motifs is 5. The highest BCUT2D eigenvalue weighted by Crippen LogP contribution is 2.44. The van der Waals surface area contributed by atoms with Crippen molar-refractivity contribution in [2.45, 2.75) is 12.8 Å². The molecule has 4 heterocycles. The Balaban J connectivity index is 1.43. The Morgan fingerprint density at radius 2 is 1.86 bits per heavy atom. The summed E-state index contributed by atoms with van der Waals surface area (Å²) in [5.74, 6) is 0. The largest absolute Gasteiger partial charge is 0.379 e. The molecule has 6 nitrogen and oxygen atoms in total. The molecule has 2 aliphatic rings. The van der Waals surface area contributed by atoms with Crippen LogP contribution in [0.2, 0.25) is 10.0 Å². The van der Waals surface area contributed by atoms with Gasteiger partial charge in [0.2, 0.25) is 0 Å². The van der Waals surface area contributed by atoms with Crippen molar-refractivity contribution in [3.8, 4) is 0 Å². The molecule has 0 saturated carbocycles. The Kier molecular flexibility index (Phi) is 5.95. The van der Waals surface area contributed by atoms with E-state index in [4.69, 9.17) is 32.9 Å². The Bertz CT molecular complexity index is 1440. The minimum atomic E-state index is -0.802. The number of benzene rings is 2. The lowest BCUT2D eigenvalue weighted by Gasteiger charge is -2.30. The van der Waals surface area contributed by atoms with Crippen molar-refractivity contribution in [3.05, 3.63) is 82.1 Å². The summed E-state index contributed by atoms with van der Waals surface area (Å²) in [4.78, 5) is 9.11. The van der Waals surface area contributed by atoms with E-state index in [1.54, 1.807) is 6.07 Å². The first-order valence-corrected chi connectivity index (χ1v) is 12.6. The monoisotopic (exact) mass is 508 g/mol. The van der Waals surface area contributed by atoms with Crippen molar-refractivity contribution in [1.29, 1.82) is 0 Å². The maximum atomic E-state index is 11.5. The van der Waals surface area contributed by atoms with Crippen molar-refractivity contribution in [3.63, 3.8) is 0 Å². The van der Waals surface area contributed by atoms with Crippen LogP contribution in [0.4, 0.5) is 0 Å². The van der Waals surface area contributed by atoms with E-state index in [1.807, 2.05) is 35.4 Å². The van der Waals surface area contributed by atoms with Crippen LogP contribution in [0.3, 0.4) is 0 Å². The highest BCUT2D eigenvalue weighted by Gasteiger charge is 2.35. The lowest BCUT2D eigenvalue weighted by molar-refractivity contribution is 0.0184. The molecule has 35 heavy (non-hydrogen) atoms. The van der Waals surface area contributed by atoms with E-state index in [0.717, 1.165) is 77.2 Å². The van der Waals surface area contributed by atoms with Gasteiger partial charge in [-0.15, -0.1) is 0 Å². The average molecular weight is 509 g/mol. The third kappa shape index (κ3) is 3.90. The van der Waals surface area contributed by atoms with Gasteiger partial charge >= 0.3 is 0 Å². The molecule has 0 radical (unpaired) electrons. The predicted molar refractivity (Wildman–Crippen MR) is 141 cm³/mol. The fourth-order valence-electron chi connectivity index (χ4n) is 5.31. The average Bonchev–Trinajstić information content (AvgIpc) is 3.32. The molecule has 1 saturated heterocycles. The van der Waals surface area contributed by atoms with Crippen molar-refractivity contribution in [1.82, 2.24) is 19.4 Å². The number of rotatable bonds is 5. The van der Waals surface area contributed by atoms with Crippen LogP contribution in [0.1, 0.15) is 23.0 Å². The molecule has 4 aromatic rings. The molecule has 1 unspecified atom stereocenters. The Hall–Kier alpha value is -2.61. The third-order valence-electron chi connectivity index (χ3n) is 7.12. The van der Waals surface area contributed by atoms with E-state index in [-0.39, 0.29) is 0 Å². The number of pyridine rings is 1. The van der Waals surface area contributed by atoms with Gasteiger partial charge in [0.05, 0.1) is 36.3 Å². The summed E-state index contributed by atoms with van der Waals surface area (Å²) in [6.07, 6.45) is 1.08. The number of aliphatic hydroxyl groups excluding tert-OH is 1. The molecule has 6 rings (SSSR count). The summed E-state index contributed by atoms with van der Waals surface area (Å²) in [7, 11) is 0. The molecule has 1 fully saturated rings. The fraction of sp³-hybridized carbons (Fsp3) is 0.296. The Morgan fingerprint density at radius 3 is 2.69 bits per heavy atom. The number of nitrogens with zero attached hydrogens (tertiary/aromatic N) is 4. The lowest BCUT2D eigenvalue weighted by Crippen LogP contribution is -2.40. The van der Waals surface area contributed by atoms with Gasteiger partial charge in [-0.2, -0.15) is 0 Å². The van der Waals surface area contributed by atoms with Gasteiger partial charge in [0.25, 0.3) is 0 Å². The second-order valence-corrected chi connectivity index (χ2v) is 9.93. The van der Waals surface area contributed by atoms with E-state index in [9.17, 15) is 5.11 Å². The quantitative estimate of drug-likeness (QED) is 0.403. The van der Waals surface area contributed by atoms with E-state index in [2.05, 4.69) is 28.2 Å². The van der Waals surface area contributed by atoms with Crippen LogP contribution < -0.4 is 0 Å². The van der Waals surface area contributed by atoms with E-state index in [0.29, 0.717) is 23.1 Å². The van der Waals surface area contributed by atoms with Gasteiger partial charge in [0, 0.05) is 64.6 Å². The second kappa shape index (κ2) is 9.12. The SMILES string of the molecule is C=C1c2ncc3c(c2C(O)N1CCN1CCOCC1)c1ccccc1n3Cc1cc(Cl)ccc1Cl. The molecule has 0 aliphatic carbocycles. The van der Waals surface area contributed by atoms with Crippen LogP contribution >= 0.6 is 23.2 Å². The molecule has 0 bridgehead atoms. The van der Waals surface area contributed by atoms with Crippen molar-refractivity contribution < 1.29 is 9.84 Å². The van der Waals surface area contributed by atoms with Crippen LogP contribution in [0.5, 0.6) is 0 Å². The van der Waals surface area contributed by atoms with E-state index in [1.165, 1.54) is 0 Å². The molecule has 1 N–H and O–H groups in total. The van der Waals surface area contributed by atoms with Crippen LogP contribution in [0, 0.1) is 0 Å². The molecule has 1 atom stereocenters. The summed E-state index contributed by atoms with van der Waals surface area (Å²) in [6, 6.07) is 13.7. The summed E-state index contributed by atoms with van der Waals surface area (Å²) in [6.45, 7) is 9.67. The Morgan fingerprint density at radius 1 is 1.06 bits per heavy atom. The minimum absolute atomic E-state index is 0.543. The first-order chi connectivity index (χ1) is 17.0. The van der Waals surface area contributed by atoms with Crippen LogP contribution in [-0.4, -0.2) is 63.9 Å². The standard InChI is InChI=1S/C27H26Cl2N4O2/c1-17-26-25(27(34)32(17)9-8-31-10-12-35-13-11-31)24-20-4-2-3-5-22(20)33(23(24)15-30-26)16-18-14-19(28)6-7-21(18)29/h2-7,14-15,27,34H,1,8-13,16H2. The summed E-state index contributed by atoms with van der Waals surface area (Å²) < 4.78 is 7.66. The third-order valence-corrected chi connectivity index (χ3v) is 7.73. The summed E-state index contributed by atoms with van der Waals surface area (Å²) in [5.41, 5.74) is 5.27. The zero-order valence-corrected chi connectivity index (χ0v) is 20.8. The number of halogens is 2. The van der Waals surface area contributed by atoms with E-state index < -0.39 is 6.23 Å². The molecule has 180 valence electrons. The number of aromatic nitrogens is 2. The topological polar surface area (TPSA) is 53.8 Å². The molecule has 0 spiro atoms. The number of para-hydroxylation sites is 1. The number of hydrogen-bond donors (Lipinski definition) is 1. The number of ether oxygens (including phenoxy) is 1. The molecule has 2 aromatic heterocycles. The van der Waals surface area contributed by atoms with Gasteiger partial charge < -0.3 is 19.3 Å². The van der Waals surface area contributed by atoms with Crippen LogP contribution in [0.15, 0.2) is 55.2 Å². The first kappa shape index (κ1) is 22.8. The highest BCUT2D eigenvalue weighted by atomic mass is 35.5. The summed E-state index contributed by atoms with van der Waals surface area (Å²) in [5, 5.41) is 14.9. The maximum absolute atomic E-state index is 11.5. The summed E-state index contributed by atoms with van der Waals surface area (Å²) >= 11 is 12.8. The van der Waals surface area contributed by atoms with Crippen LogP contribution in [-0.2, 0) is 11.3 Å². The second-order valence-electron chi connectivity index (χ2n) is 9.09.